The summed E-state index contributed by atoms with van der Waals surface area (Å²) in [6.45, 7) is 9.34. The van der Waals surface area contributed by atoms with Crippen molar-refractivity contribution in [3.63, 3.8) is 0 Å². The molecule has 0 aliphatic carbocycles. The van der Waals surface area contributed by atoms with Crippen LogP contribution in [0.4, 0.5) is 5.69 Å². The van der Waals surface area contributed by atoms with Crippen molar-refractivity contribution in [2.45, 2.75) is 39.5 Å². The van der Waals surface area contributed by atoms with E-state index in [1.165, 1.54) is 5.56 Å². The highest BCUT2D eigenvalue weighted by atomic mass is 16.2. The molecule has 1 aromatic carbocycles. The Morgan fingerprint density at radius 1 is 1.26 bits per heavy atom. The van der Waals surface area contributed by atoms with Crippen LogP contribution in [0.5, 0.6) is 0 Å². The molecule has 0 aliphatic rings. The van der Waals surface area contributed by atoms with Crippen molar-refractivity contribution < 1.29 is 4.79 Å². The average Bonchev–Trinajstić information content (AvgIpc) is 2.36. The van der Waals surface area contributed by atoms with Gasteiger partial charge in [0.05, 0.1) is 0 Å². The molecule has 0 atom stereocenters. The predicted octanol–water partition coefficient (Wildman–Crippen LogP) is 3.51. The van der Waals surface area contributed by atoms with Gasteiger partial charge in [-0.2, -0.15) is 0 Å². The molecule has 3 heteroatoms. The van der Waals surface area contributed by atoms with Gasteiger partial charge in [-0.3, -0.25) is 4.79 Å². The molecule has 1 N–H and O–H groups in total. The van der Waals surface area contributed by atoms with Gasteiger partial charge in [0.2, 0.25) is 0 Å². The van der Waals surface area contributed by atoms with Crippen molar-refractivity contribution >= 4 is 11.6 Å². The number of carbonyl (C=O) groups is 1. The summed E-state index contributed by atoms with van der Waals surface area (Å²) in [5, 5.41) is 3.13. The van der Waals surface area contributed by atoms with Gasteiger partial charge >= 0.3 is 0 Å². The van der Waals surface area contributed by atoms with Gasteiger partial charge in [0.15, 0.2) is 0 Å². The first-order chi connectivity index (χ1) is 8.79. The average molecular weight is 262 g/mol. The van der Waals surface area contributed by atoms with Crippen LogP contribution in [-0.2, 0) is 5.41 Å². The first kappa shape index (κ1) is 15.5. The van der Waals surface area contributed by atoms with Gasteiger partial charge in [0.25, 0.3) is 5.91 Å². The highest BCUT2D eigenvalue weighted by molar-refractivity contribution is 5.95. The molecule has 0 radical (unpaired) electrons. The third kappa shape index (κ3) is 3.98. The van der Waals surface area contributed by atoms with Crippen molar-refractivity contribution in [1.82, 2.24) is 4.90 Å². The number of rotatable bonds is 4. The van der Waals surface area contributed by atoms with Crippen molar-refractivity contribution in [2.75, 3.05) is 26.0 Å². The fraction of sp³-hybridized carbons (Fsp3) is 0.562. The summed E-state index contributed by atoms with van der Waals surface area (Å²) in [4.78, 5) is 14.2. The molecule has 0 saturated carbocycles. The van der Waals surface area contributed by atoms with Crippen LogP contribution in [0.3, 0.4) is 0 Å². The lowest BCUT2D eigenvalue weighted by atomic mass is 9.85. The number of amides is 1. The zero-order chi connectivity index (χ0) is 14.6. The molecule has 1 amide bonds. The smallest absolute Gasteiger partial charge is 0.253 e. The van der Waals surface area contributed by atoms with E-state index in [-0.39, 0.29) is 11.3 Å². The summed E-state index contributed by atoms with van der Waals surface area (Å²) in [5.41, 5.74) is 2.95. The Labute approximate surface area is 117 Å². The maximum atomic E-state index is 12.4. The van der Waals surface area contributed by atoms with Crippen LogP contribution in [0.25, 0.3) is 0 Å². The van der Waals surface area contributed by atoms with Crippen molar-refractivity contribution in [3.8, 4) is 0 Å². The van der Waals surface area contributed by atoms with Crippen molar-refractivity contribution in [2.24, 2.45) is 0 Å². The maximum absolute atomic E-state index is 12.4. The lowest BCUT2D eigenvalue weighted by molar-refractivity contribution is 0.0795. The van der Waals surface area contributed by atoms with Gasteiger partial charge in [-0.1, -0.05) is 27.7 Å². The molecule has 0 aromatic heterocycles. The largest absolute Gasteiger partial charge is 0.388 e. The third-order valence-electron chi connectivity index (χ3n) is 3.24. The molecule has 0 fully saturated rings. The second-order valence-corrected chi connectivity index (χ2v) is 6.03. The third-order valence-corrected chi connectivity index (χ3v) is 3.24. The first-order valence-electron chi connectivity index (χ1n) is 6.88. The van der Waals surface area contributed by atoms with E-state index in [4.69, 9.17) is 0 Å². The van der Waals surface area contributed by atoms with Crippen LogP contribution in [-0.4, -0.2) is 31.4 Å². The minimum atomic E-state index is 0.0330. The Bertz CT molecular complexity index is 447. The number of benzene rings is 1. The molecular formula is C16H26N2O. The highest BCUT2D eigenvalue weighted by Crippen LogP contribution is 2.27. The second kappa shape index (κ2) is 6.09. The lowest BCUT2D eigenvalue weighted by Gasteiger charge is -2.23. The van der Waals surface area contributed by atoms with E-state index in [9.17, 15) is 4.79 Å². The van der Waals surface area contributed by atoms with E-state index in [1.54, 1.807) is 4.90 Å². The Morgan fingerprint density at radius 2 is 1.89 bits per heavy atom. The van der Waals surface area contributed by atoms with Gasteiger partial charge < -0.3 is 10.2 Å². The maximum Gasteiger partial charge on any atom is 0.253 e. The molecule has 1 aromatic rings. The summed E-state index contributed by atoms with van der Waals surface area (Å²) in [6.07, 6.45) is 0.972. The van der Waals surface area contributed by atoms with Crippen LogP contribution >= 0.6 is 0 Å². The van der Waals surface area contributed by atoms with E-state index in [0.29, 0.717) is 0 Å². The zero-order valence-electron chi connectivity index (χ0n) is 13.0. The summed E-state index contributed by atoms with van der Waals surface area (Å²) < 4.78 is 0. The highest BCUT2D eigenvalue weighted by Gasteiger charge is 2.18. The molecule has 0 spiro atoms. The summed E-state index contributed by atoms with van der Waals surface area (Å²) in [7, 11) is 3.74. The van der Waals surface area contributed by atoms with E-state index < -0.39 is 0 Å². The van der Waals surface area contributed by atoms with E-state index in [2.05, 4.69) is 39.1 Å². The molecule has 0 aliphatic heterocycles. The predicted molar refractivity (Wildman–Crippen MR) is 81.9 cm³/mol. The molecule has 0 bridgehead atoms. The lowest BCUT2D eigenvalue weighted by Crippen LogP contribution is -2.28. The fourth-order valence-corrected chi connectivity index (χ4v) is 1.99. The van der Waals surface area contributed by atoms with Gasteiger partial charge in [-0.05, 0) is 35.6 Å². The topological polar surface area (TPSA) is 32.3 Å². The molecule has 106 valence electrons. The van der Waals surface area contributed by atoms with E-state index >= 15 is 0 Å². The quantitative estimate of drug-likeness (QED) is 0.900. The number of nitrogens with zero attached hydrogens (tertiary/aromatic N) is 1. The standard InChI is InChI=1S/C16H26N2O/c1-7-8-18(6)15(19)12-9-13(16(2,3)4)11-14(10-12)17-5/h9-11,17H,7-8H2,1-6H3. The monoisotopic (exact) mass is 262 g/mol. The molecule has 19 heavy (non-hydrogen) atoms. The Kier molecular flexibility index (Phi) is 4.98. The van der Waals surface area contributed by atoms with E-state index in [0.717, 1.165) is 24.2 Å². The molecule has 1 rings (SSSR count). The zero-order valence-corrected chi connectivity index (χ0v) is 13.0. The van der Waals surface area contributed by atoms with Gasteiger partial charge in [-0.15, -0.1) is 0 Å². The van der Waals surface area contributed by atoms with E-state index in [1.807, 2.05) is 26.2 Å². The van der Waals surface area contributed by atoms with Crippen LogP contribution in [0.2, 0.25) is 0 Å². The normalized spacial score (nSPS) is 11.3. The van der Waals surface area contributed by atoms with Crippen LogP contribution in [0.15, 0.2) is 18.2 Å². The summed E-state index contributed by atoms with van der Waals surface area (Å²) in [6, 6.07) is 6.04. The van der Waals surface area contributed by atoms with Crippen molar-refractivity contribution in [1.29, 1.82) is 0 Å². The Hall–Kier alpha value is -1.51. The van der Waals surface area contributed by atoms with Crippen LogP contribution in [0, 0.1) is 0 Å². The fourth-order valence-electron chi connectivity index (χ4n) is 1.99. The molecule has 0 unspecified atom stereocenters. The number of nitrogens with one attached hydrogen (secondary N) is 1. The molecular weight excluding hydrogens is 236 g/mol. The van der Waals surface area contributed by atoms with Gasteiger partial charge in [-0.25, -0.2) is 0 Å². The SMILES string of the molecule is CCCN(C)C(=O)c1cc(NC)cc(C(C)(C)C)c1. The summed E-state index contributed by atoms with van der Waals surface area (Å²) >= 11 is 0. The van der Waals surface area contributed by atoms with Crippen LogP contribution in [0.1, 0.15) is 50.0 Å². The minimum absolute atomic E-state index is 0.0330. The minimum Gasteiger partial charge on any atom is -0.388 e. The molecule has 0 saturated heterocycles. The number of hydrogen-bond donors (Lipinski definition) is 1. The molecule has 0 heterocycles. The Balaban J connectivity index is 3.17. The number of anilines is 1. The van der Waals surface area contributed by atoms with Gasteiger partial charge in [0, 0.05) is 31.9 Å². The van der Waals surface area contributed by atoms with Gasteiger partial charge in [0.1, 0.15) is 0 Å². The molecule has 3 nitrogen and oxygen atoms in total. The summed E-state index contributed by atoms with van der Waals surface area (Å²) in [5.74, 6) is 0.0875. The van der Waals surface area contributed by atoms with Crippen molar-refractivity contribution in [3.05, 3.63) is 29.3 Å². The van der Waals surface area contributed by atoms with Crippen LogP contribution < -0.4 is 5.32 Å². The first-order valence-corrected chi connectivity index (χ1v) is 6.88. The number of hydrogen-bond acceptors (Lipinski definition) is 2. The second-order valence-electron chi connectivity index (χ2n) is 6.03. The Morgan fingerprint density at radius 3 is 2.37 bits per heavy atom. The number of carbonyl (C=O) groups excluding carboxylic acids is 1.